The number of carbonyl (C=O) groups excluding carboxylic acids is 1. The van der Waals surface area contributed by atoms with Gasteiger partial charge in [0.25, 0.3) is 0 Å². The van der Waals surface area contributed by atoms with Crippen molar-refractivity contribution in [2.24, 2.45) is 7.05 Å². The van der Waals surface area contributed by atoms with Crippen molar-refractivity contribution in [3.8, 4) is 11.5 Å². The quantitative estimate of drug-likeness (QED) is 0.359. The minimum Gasteiger partial charge on any atom is -0.497 e. The average molecular weight is 531 g/mol. The van der Waals surface area contributed by atoms with Crippen molar-refractivity contribution in [3.63, 3.8) is 0 Å². The maximum Gasteiger partial charge on any atom is 0.309 e. The van der Waals surface area contributed by atoms with E-state index in [2.05, 4.69) is 15.5 Å². The topological polar surface area (TPSA) is 109 Å². The van der Waals surface area contributed by atoms with Gasteiger partial charge in [-0.2, -0.15) is 0 Å². The molecule has 9 nitrogen and oxygen atoms in total. The van der Waals surface area contributed by atoms with E-state index in [9.17, 15) is 9.90 Å². The number of nitrogens with zero attached hydrogens (tertiary/aromatic N) is 4. The van der Waals surface area contributed by atoms with Gasteiger partial charge in [-0.05, 0) is 52.9 Å². The summed E-state index contributed by atoms with van der Waals surface area (Å²) in [6, 6.07) is 10.6. The molecule has 0 unspecified atom stereocenters. The van der Waals surface area contributed by atoms with Crippen LogP contribution in [0.4, 0.5) is 0 Å². The Morgan fingerprint density at radius 2 is 1.72 bits per heavy atom. The van der Waals surface area contributed by atoms with E-state index < -0.39 is 18.2 Å². The number of esters is 1. The van der Waals surface area contributed by atoms with Crippen molar-refractivity contribution in [1.29, 1.82) is 0 Å². The summed E-state index contributed by atoms with van der Waals surface area (Å²) in [5.41, 5.74) is 2.49. The molecule has 11 heteroatoms. The Morgan fingerprint density at radius 1 is 1.11 bits per heavy atom. The third-order valence-electron chi connectivity index (χ3n) is 5.69. The van der Waals surface area contributed by atoms with Gasteiger partial charge in [-0.1, -0.05) is 29.3 Å². The molecule has 188 valence electrons. The number of halogens is 2. The predicted molar refractivity (Wildman–Crippen MR) is 135 cm³/mol. The number of hydrogen-bond donors (Lipinski definition) is 1. The van der Waals surface area contributed by atoms with Gasteiger partial charge in [0.05, 0.1) is 36.8 Å². The van der Waals surface area contributed by atoms with Crippen LogP contribution < -0.4 is 9.47 Å². The Bertz CT molecular complexity index is 1280. The number of allylic oxidation sites excluding steroid dienone is 2. The van der Waals surface area contributed by atoms with Crippen LogP contribution in [0.2, 0.25) is 10.0 Å². The zero-order valence-corrected chi connectivity index (χ0v) is 21.3. The van der Waals surface area contributed by atoms with Crippen LogP contribution in [0, 0.1) is 0 Å². The van der Waals surface area contributed by atoms with Gasteiger partial charge in [-0.15, -0.1) is 5.10 Å². The Morgan fingerprint density at radius 3 is 2.19 bits per heavy atom. The van der Waals surface area contributed by atoms with Crippen LogP contribution in [0.25, 0.3) is 11.1 Å². The van der Waals surface area contributed by atoms with Gasteiger partial charge >= 0.3 is 5.97 Å². The van der Waals surface area contributed by atoms with E-state index in [0.717, 1.165) is 0 Å². The molecule has 2 aromatic carbocycles. The third-order valence-corrected chi connectivity index (χ3v) is 6.31. The Kier molecular flexibility index (Phi) is 7.93. The third kappa shape index (κ3) is 5.53. The smallest absolute Gasteiger partial charge is 0.309 e. The molecule has 1 N–H and O–H groups in total. The second-order valence-corrected chi connectivity index (χ2v) is 8.90. The second-order valence-electron chi connectivity index (χ2n) is 8.09. The fraction of sp³-hybridized carbons (Fsp3) is 0.280. The van der Waals surface area contributed by atoms with Crippen molar-refractivity contribution in [3.05, 3.63) is 75.5 Å². The van der Waals surface area contributed by atoms with Gasteiger partial charge in [0.2, 0.25) is 0 Å². The molecule has 0 aliphatic carbocycles. The number of aliphatic hydroxyl groups is 1. The first-order valence-electron chi connectivity index (χ1n) is 11.0. The molecular weight excluding hydrogens is 507 g/mol. The number of benzene rings is 2. The van der Waals surface area contributed by atoms with E-state index >= 15 is 0 Å². The summed E-state index contributed by atoms with van der Waals surface area (Å²) in [6.45, 7) is 0. The molecular formula is C25H24Cl2N4O5. The van der Waals surface area contributed by atoms with Crippen LogP contribution in [0.5, 0.6) is 11.5 Å². The zero-order chi connectivity index (χ0) is 25.8. The molecule has 1 aliphatic heterocycles. The summed E-state index contributed by atoms with van der Waals surface area (Å²) in [7, 11) is 4.82. The summed E-state index contributed by atoms with van der Waals surface area (Å²) in [5.74, 6) is 1.13. The lowest BCUT2D eigenvalue weighted by atomic mass is 9.91. The standard InChI is InChI=1S/C25H24Cl2N4O5/c1-31-25(28-29-30-31)20(9-6-17-10-14(32)11-23(33)36-17)24(18-7-4-15(34-2)12-21(18)26)19-8-5-16(35-3)13-22(19)27/h4-9,12-14,17,32H,10-11H2,1-3H3/b9-6+/t14-,17-/m1/s1. The van der Waals surface area contributed by atoms with E-state index in [-0.39, 0.29) is 12.8 Å². The number of carbonyl (C=O) groups is 1. The molecule has 1 aliphatic rings. The molecule has 36 heavy (non-hydrogen) atoms. The summed E-state index contributed by atoms with van der Waals surface area (Å²) >= 11 is 13.5. The molecule has 3 aromatic rings. The van der Waals surface area contributed by atoms with Gasteiger partial charge < -0.3 is 19.3 Å². The first kappa shape index (κ1) is 25.7. The Hall–Kier alpha value is -3.40. The average Bonchev–Trinajstić information content (AvgIpc) is 3.27. The van der Waals surface area contributed by atoms with Crippen LogP contribution in [0.15, 0.2) is 48.6 Å². The predicted octanol–water partition coefficient (Wildman–Crippen LogP) is 4.12. The fourth-order valence-electron chi connectivity index (χ4n) is 3.94. The number of rotatable bonds is 7. The number of aromatic nitrogens is 4. The molecule has 2 heterocycles. The Balaban J connectivity index is 1.98. The van der Waals surface area contributed by atoms with E-state index in [1.807, 2.05) is 12.1 Å². The second kappa shape index (κ2) is 11.1. The van der Waals surface area contributed by atoms with E-state index in [4.69, 9.17) is 37.4 Å². The van der Waals surface area contributed by atoms with Crippen LogP contribution in [0.3, 0.4) is 0 Å². The molecule has 0 radical (unpaired) electrons. The molecule has 1 aromatic heterocycles. The Labute approximate surface area is 217 Å². The van der Waals surface area contributed by atoms with Crippen molar-refractivity contribution < 1.29 is 24.1 Å². The lowest BCUT2D eigenvalue weighted by Gasteiger charge is -2.23. The van der Waals surface area contributed by atoms with E-state index in [1.165, 1.54) is 4.68 Å². The van der Waals surface area contributed by atoms with E-state index in [1.54, 1.807) is 57.7 Å². The minimum absolute atomic E-state index is 0.0333. The molecule has 0 saturated carbocycles. The number of hydrogen-bond acceptors (Lipinski definition) is 8. The van der Waals surface area contributed by atoms with Crippen molar-refractivity contribution >= 4 is 40.3 Å². The summed E-state index contributed by atoms with van der Waals surface area (Å²) in [4.78, 5) is 11.9. The molecule has 1 fully saturated rings. The summed E-state index contributed by atoms with van der Waals surface area (Å²) in [6.07, 6.45) is 2.27. The molecule has 0 bridgehead atoms. The van der Waals surface area contributed by atoms with Gasteiger partial charge in [0, 0.05) is 35.7 Å². The first-order valence-corrected chi connectivity index (χ1v) is 11.8. The van der Waals surface area contributed by atoms with Crippen molar-refractivity contribution in [1.82, 2.24) is 20.2 Å². The lowest BCUT2D eigenvalue weighted by Crippen LogP contribution is -2.31. The number of aliphatic hydroxyl groups excluding tert-OH is 1. The fourth-order valence-corrected chi connectivity index (χ4v) is 4.47. The van der Waals surface area contributed by atoms with Crippen LogP contribution >= 0.6 is 23.2 Å². The highest BCUT2D eigenvalue weighted by Crippen LogP contribution is 2.41. The van der Waals surface area contributed by atoms with Crippen molar-refractivity contribution in [2.75, 3.05) is 14.2 Å². The molecule has 0 amide bonds. The van der Waals surface area contributed by atoms with Gasteiger partial charge in [0.15, 0.2) is 5.82 Å². The number of ether oxygens (including phenoxy) is 3. The number of aryl methyl sites for hydroxylation is 1. The number of cyclic esters (lactones) is 1. The highest BCUT2D eigenvalue weighted by Gasteiger charge is 2.26. The normalized spacial score (nSPS) is 17.7. The minimum atomic E-state index is -0.781. The van der Waals surface area contributed by atoms with Gasteiger partial charge in [0.1, 0.15) is 17.6 Å². The zero-order valence-electron chi connectivity index (χ0n) is 19.8. The largest absolute Gasteiger partial charge is 0.497 e. The van der Waals surface area contributed by atoms with Crippen molar-refractivity contribution in [2.45, 2.75) is 25.0 Å². The number of tetrazole rings is 1. The van der Waals surface area contributed by atoms with Gasteiger partial charge in [-0.25, -0.2) is 4.68 Å². The first-order chi connectivity index (χ1) is 17.3. The van der Waals surface area contributed by atoms with Crippen LogP contribution in [0.1, 0.15) is 29.8 Å². The van der Waals surface area contributed by atoms with Crippen LogP contribution in [-0.2, 0) is 16.6 Å². The maximum absolute atomic E-state index is 11.9. The number of methoxy groups -OCH3 is 2. The monoisotopic (exact) mass is 530 g/mol. The van der Waals surface area contributed by atoms with E-state index in [0.29, 0.717) is 49.6 Å². The van der Waals surface area contributed by atoms with Gasteiger partial charge in [-0.3, -0.25) is 4.79 Å². The highest BCUT2D eigenvalue weighted by molar-refractivity contribution is 6.35. The molecule has 2 atom stereocenters. The summed E-state index contributed by atoms with van der Waals surface area (Å²) in [5, 5.41) is 22.9. The molecule has 4 rings (SSSR count). The lowest BCUT2D eigenvalue weighted by molar-refractivity contribution is -0.156. The maximum atomic E-state index is 11.9. The molecule has 1 saturated heterocycles. The van der Waals surface area contributed by atoms with Crippen LogP contribution in [-0.4, -0.2) is 57.7 Å². The summed E-state index contributed by atoms with van der Waals surface area (Å²) < 4.78 is 17.6. The SMILES string of the molecule is COc1ccc(C(=C(/C=C/[C@@H]2C[C@@H](O)CC(=O)O2)c2nnnn2C)c2ccc(OC)cc2Cl)c(Cl)c1. The molecule has 0 spiro atoms. The highest BCUT2D eigenvalue weighted by atomic mass is 35.5.